The fraction of sp³-hybridized carbons (Fsp3) is 0.419. The van der Waals surface area contributed by atoms with Crippen molar-refractivity contribution in [2.24, 2.45) is 11.7 Å². The Balaban J connectivity index is 0.00000361. The molecule has 4 rings (SSSR count). The maximum atomic E-state index is 13.3. The van der Waals surface area contributed by atoms with Crippen molar-refractivity contribution in [1.82, 2.24) is 4.57 Å². The minimum absolute atomic E-state index is 0. The van der Waals surface area contributed by atoms with E-state index in [1.165, 1.54) is 43.5 Å². The maximum Gasteiger partial charge on any atom is 0.253 e. The average Bonchev–Trinajstić information content (AvgIpc) is 3.20. The Kier molecular flexibility index (Phi) is 10.5. The standard InChI is InChI=1S/C31H39N3O.BrH/c1-26-33(22-13-16-27-14-7-5-8-15-27)24-25-34(26)23-21-31(30(32)35,29-19-11-6-12-20-29)28-17-9-3-2-4-10-18-28;/h5-8,11-16,19-20,24-25,28H,2-4,9-10,17-18,21-23H2,1H3,(H-,32,35);1H/b16-13+;. The van der Waals surface area contributed by atoms with Crippen molar-refractivity contribution in [3.05, 3.63) is 96.1 Å². The Labute approximate surface area is 227 Å². The highest BCUT2D eigenvalue weighted by molar-refractivity contribution is 5.87. The lowest BCUT2D eigenvalue weighted by molar-refractivity contribution is -0.692. The van der Waals surface area contributed by atoms with Crippen LogP contribution in [-0.2, 0) is 23.3 Å². The normalized spacial score (nSPS) is 16.6. The summed E-state index contributed by atoms with van der Waals surface area (Å²) in [5, 5.41) is 0. The number of carbonyl (C=O) groups excluding carboxylic acids is 1. The van der Waals surface area contributed by atoms with E-state index in [0.717, 1.165) is 37.9 Å². The summed E-state index contributed by atoms with van der Waals surface area (Å²) in [6.45, 7) is 3.74. The van der Waals surface area contributed by atoms with Gasteiger partial charge < -0.3 is 22.7 Å². The molecular formula is C31H40BrN3O. The van der Waals surface area contributed by atoms with Crippen LogP contribution in [0.4, 0.5) is 0 Å². The molecule has 5 heteroatoms. The highest BCUT2D eigenvalue weighted by Crippen LogP contribution is 2.43. The molecule has 4 nitrogen and oxygen atoms in total. The molecule has 1 heterocycles. The molecule has 1 aliphatic rings. The lowest BCUT2D eigenvalue weighted by Crippen LogP contribution is -3.00. The second-order valence-corrected chi connectivity index (χ2v) is 10.00. The number of imidazole rings is 1. The molecule has 1 aromatic heterocycles. The summed E-state index contributed by atoms with van der Waals surface area (Å²) >= 11 is 0. The van der Waals surface area contributed by atoms with E-state index in [0.29, 0.717) is 5.92 Å². The van der Waals surface area contributed by atoms with Crippen molar-refractivity contribution in [2.45, 2.75) is 76.8 Å². The number of allylic oxidation sites excluding steroid dienone is 1. The lowest BCUT2D eigenvalue weighted by atomic mass is 9.63. The second-order valence-electron chi connectivity index (χ2n) is 10.00. The van der Waals surface area contributed by atoms with Gasteiger partial charge in [0.1, 0.15) is 18.9 Å². The monoisotopic (exact) mass is 549 g/mol. The highest BCUT2D eigenvalue weighted by Gasteiger charge is 2.45. The zero-order valence-electron chi connectivity index (χ0n) is 21.5. The first-order valence-electron chi connectivity index (χ1n) is 13.2. The van der Waals surface area contributed by atoms with Gasteiger partial charge in [-0.25, -0.2) is 9.13 Å². The van der Waals surface area contributed by atoms with Crippen LogP contribution in [0, 0.1) is 12.8 Å². The Morgan fingerprint density at radius 1 is 1.00 bits per heavy atom. The van der Waals surface area contributed by atoms with E-state index in [1.54, 1.807) is 0 Å². The lowest BCUT2D eigenvalue weighted by Gasteiger charge is -2.39. The number of aromatic nitrogens is 2. The molecule has 1 atom stereocenters. The van der Waals surface area contributed by atoms with E-state index in [1.807, 2.05) is 24.3 Å². The highest BCUT2D eigenvalue weighted by atomic mass is 79.9. The van der Waals surface area contributed by atoms with Crippen LogP contribution in [0.25, 0.3) is 6.08 Å². The zero-order chi connectivity index (χ0) is 24.5. The smallest absolute Gasteiger partial charge is 0.253 e. The summed E-state index contributed by atoms with van der Waals surface area (Å²) in [6.07, 6.45) is 17.7. The number of nitrogens with zero attached hydrogens (tertiary/aromatic N) is 2. The summed E-state index contributed by atoms with van der Waals surface area (Å²) in [5.41, 5.74) is 7.95. The van der Waals surface area contributed by atoms with Crippen molar-refractivity contribution < 1.29 is 26.3 Å². The van der Waals surface area contributed by atoms with E-state index in [2.05, 4.69) is 77.0 Å². The molecule has 0 saturated heterocycles. The van der Waals surface area contributed by atoms with Gasteiger partial charge in [0.15, 0.2) is 0 Å². The summed E-state index contributed by atoms with van der Waals surface area (Å²) in [5.74, 6) is 1.31. The van der Waals surface area contributed by atoms with E-state index >= 15 is 0 Å². The van der Waals surface area contributed by atoms with Gasteiger partial charge in [-0.05, 0) is 36.0 Å². The van der Waals surface area contributed by atoms with Crippen LogP contribution < -0.4 is 27.3 Å². The fourth-order valence-electron chi connectivity index (χ4n) is 5.87. The number of primary amides is 1. The Morgan fingerprint density at radius 2 is 1.61 bits per heavy atom. The minimum Gasteiger partial charge on any atom is -1.00 e. The number of amides is 1. The van der Waals surface area contributed by atoms with Gasteiger partial charge in [0.2, 0.25) is 5.91 Å². The number of benzene rings is 2. The molecule has 2 N–H and O–H groups in total. The summed E-state index contributed by atoms with van der Waals surface area (Å²) in [6, 6.07) is 20.7. The number of nitrogens with two attached hydrogens (primary N) is 1. The quantitative estimate of drug-likeness (QED) is 0.410. The van der Waals surface area contributed by atoms with Crippen LogP contribution in [-0.4, -0.2) is 10.5 Å². The minimum atomic E-state index is -0.632. The van der Waals surface area contributed by atoms with Crippen molar-refractivity contribution in [3.8, 4) is 0 Å². The molecule has 1 saturated carbocycles. The molecule has 1 fully saturated rings. The Hall–Kier alpha value is -2.66. The number of rotatable bonds is 9. The number of hydrogen-bond donors (Lipinski definition) is 1. The van der Waals surface area contributed by atoms with E-state index in [-0.39, 0.29) is 22.9 Å². The molecule has 1 aliphatic carbocycles. The van der Waals surface area contributed by atoms with Crippen LogP contribution in [0.5, 0.6) is 0 Å². The van der Waals surface area contributed by atoms with Gasteiger partial charge in [-0.3, -0.25) is 4.79 Å². The van der Waals surface area contributed by atoms with Gasteiger partial charge >= 0.3 is 0 Å². The van der Waals surface area contributed by atoms with Crippen molar-refractivity contribution in [1.29, 1.82) is 0 Å². The average molecular weight is 551 g/mol. The van der Waals surface area contributed by atoms with Crippen molar-refractivity contribution >= 4 is 12.0 Å². The Morgan fingerprint density at radius 3 is 2.25 bits per heavy atom. The van der Waals surface area contributed by atoms with Crippen molar-refractivity contribution in [3.63, 3.8) is 0 Å². The maximum absolute atomic E-state index is 13.3. The SMILES string of the molecule is Cc1n(CCC(C(N)=O)(c2ccccc2)C2CCCCCCC2)cc[n+]1C/C=C/c1ccccc1.[Br-]. The third-order valence-corrected chi connectivity index (χ3v) is 7.95. The third-order valence-electron chi connectivity index (χ3n) is 7.95. The van der Waals surface area contributed by atoms with Crippen LogP contribution in [0.1, 0.15) is 68.3 Å². The van der Waals surface area contributed by atoms with Crippen LogP contribution in [0.2, 0.25) is 0 Å². The van der Waals surface area contributed by atoms with Crippen molar-refractivity contribution in [2.75, 3.05) is 0 Å². The van der Waals surface area contributed by atoms with Gasteiger partial charge in [0, 0.05) is 13.3 Å². The summed E-state index contributed by atoms with van der Waals surface area (Å²) in [4.78, 5) is 13.3. The molecule has 0 spiro atoms. The Bertz CT molecular complexity index is 1100. The molecule has 1 unspecified atom stereocenters. The second kappa shape index (κ2) is 13.6. The molecule has 2 aromatic carbocycles. The first-order chi connectivity index (χ1) is 17.1. The molecule has 0 bridgehead atoms. The van der Waals surface area contributed by atoms with E-state index < -0.39 is 5.41 Å². The molecule has 0 aliphatic heterocycles. The number of halogens is 1. The molecule has 0 radical (unpaired) electrons. The van der Waals surface area contributed by atoms with Crippen LogP contribution in [0.15, 0.2) is 79.1 Å². The van der Waals surface area contributed by atoms with Gasteiger partial charge in [-0.1, -0.05) is 98.8 Å². The molecule has 192 valence electrons. The van der Waals surface area contributed by atoms with Gasteiger partial charge in [-0.2, -0.15) is 0 Å². The number of carbonyl (C=O) groups is 1. The summed E-state index contributed by atoms with van der Waals surface area (Å²) in [7, 11) is 0. The summed E-state index contributed by atoms with van der Waals surface area (Å²) < 4.78 is 4.53. The molecule has 3 aromatic rings. The topological polar surface area (TPSA) is 51.9 Å². The first kappa shape index (κ1) is 27.9. The molecule has 36 heavy (non-hydrogen) atoms. The third kappa shape index (κ3) is 6.56. The van der Waals surface area contributed by atoms with E-state index in [4.69, 9.17) is 5.73 Å². The van der Waals surface area contributed by atoms with Gasteiger partial charge in [-0.15, -0.1) is 0 Å². The predicted molar refractivity (Wildman–Crippen MR) is 143 cm³/mol. The number of aryl methyl sites for hydroxylation is 1. The van der Waals surface area contributed by atoms with E-state index in [9.17, 15) is 4.79 Å². The predicted octanol–water partition coefficient (Wildman–Crippen LogP) is 2.98. The van der Waals surface area contributed by atoms with Gasteiger partial charge in [0.25, 0.3) is 5.82 Å². The fourth-order valence-corrected chi connectivity index (χ4v) is 5.87. The largest absolute Gasteiger partial charge is 1.00 e. The van der Waals surface area contributed by atoms with Crippen LogP contribution >= 0.6 is 0 Å². The molecule has 1 amide bonds. The zero-order valence-corrected chi connectivity index (χ0v) is 23.1. The molecular weight excluding hydrogens is 510 g/mol. The van der Waals surface area contributed by atoms with Gasteiger partial charge in [0.05, 0.1) is 12.0 Å². The first-order valence-corrected chi connectivity index (χ1v) is 13.2. The number of hydrogen-bond acceptors (Lipinski definition) is 1. The van der Waals surface area contributed by atoms with Crippen LogP contribution in [0.3, 0.4) is 0 Å².